The number of para-hydroxylation sites is 1. The standard InChI is InChI=1S/C33H38N2O/c1-4-5-6-7-8-14-21-36-33-18-13-12-17-29(33)32-23-27(28-19-20-30(34)25(3)24(28)2)22-31(35-32)26-15-10-9-11-16-26/h9-13,15-20,22-23H,4-8,14,21,34H2,1-3H3. The lowest BCUT2D eigenvalue weighted by atomic mass is 9.94. The molecule has 186 valence electrons. The maximum Gasteiger partial charge on any atom is 0.128 e. The van der Waals surface area contributed by atoms with Gasteiger partial charge in [-0.15, -0.1) is 0 Å². The molecule has 0 aliphatic carbocycles. The van der Waals surface area contributed by atoms with E-state index in [1.807, 2.05) is 18.2 Å². The number of hydrogen-bond donors (Lipinski definition) is 1. The van der Waals surface area contributed by atoms with Crippen LogP contribution in [0, 0.1) is 13.8 Å². The van der Waals surface area contributed by atoms with Crippen molar-refractivity contribution in [2.75, 3.05) is 12.3 Å². The molecule has 3 aromatic carbocycles. The summed E-state index contributed by atoms with van der Waals surface area (Å²) in [6.07, 6.45) is 7.48. The van der Waals surface area contributed by atoms with Crippen LogP contribution in [0.25, 0.3) is 33.6 Å². The number of ether oxygens (including phenoxy) is 1. The van der Waals surface area contributed by atoms with Crippen molar-refractivity contribution in [3.63, 3.8) is 0 Å². The zero-order chi connectivity index (χ0) is 25.3. The van der Waals surface area contributed by atoms with E-state index in [2.05, 4.69) is 81.4 Å². The number of rotatable bonds is 11. The molecule has 3 heteroatoms. The Balaban J connectivity index is 1.69. The zero-order valence-electron chi connectivity index (χ0n) is 21.9. The van der Waals surface area contributed by atoms with Crippen LogP contribution in [-0.4, -0.2) is 11.6 Å². The van der Waals surface area contributed by atoms with E-state index in [1.165, 1.54) is 43.2 Å². The number of pyridine rings is 1. The van der Waals surface area contributed by atoms with E-state index >= 15 is 0 Å². The highest BCUT2D eigenvalue weighted by atomic mass is 16.5. The van der Waals surface area contributed by atoms with Gasteiger partial charge in [0.15, 0.2) is 0 Å². The average Bonchev–Trinajstić information content (AvgIpc) is 2.92. The SMILES string of the molecule is CCCCCCCCOc1ccccc1-c1cc(-c2ccc(N)c(C)c2C)cc(-c2ccccc2)n1. The van der Waals surface area contributed by atoms with E-state index in [0.29, 0.717) is 0 Å². The van der Waals surface area contributed by atoms with Crippen molar-refractivity contribution in [1.29, 1.82) is 0 Å². The lowest BCUT2D eigenvalue weighted by molar-refractivity contribution is 0.305. The molecule has 0 saturated carbocycles. The minimum absolute atomic E-state index is 0.727. The Bertz CT molecular complexity index is 1280. The van der Waals surface area contributed by atoms with Crippen LogP contribution in [0.15, 0.2) is 78.9 Å². The summed E-state index contributed by atoms with van der Waals surface area (Å²) in [7, 11) is 0. The molecule has 0 amide bonds. The highest BCUT2D eigenvalue weighted by molar-refractivity contribution is 5.81. The molecule has 0 atom stereocenters. The fraction of sp³-hybridized carbons (Fsp3) is 0.303. The van der Waals surface area contributed by atoms with Gasteiger partial charge in [0.25, 0.3) is 0 Å². The van der Waals surface area contributed by atoms with Gasteiger partial charge in [0.2, 0.25) is 0 Å². The van der Waals surface area contributed by atoms with Crippen molar-refractivity contribution >= 4 is 5.69 Å². The summed E-state index contributed by atoms with van der Waals surface area (Å²) in [5, 5.41) is 0. The van der Waals surface area contributed by atoms with Crippen LogP contribution < -0.4 is 10.5 Å². The molecule has 0 bridgehead atoms. The second-order valence-electron chi connectivity index (χ2n) is 9.56. The van der Waals surface area contributed by atoms with E-state index in [1.54, 1.807) is 0 Å². The van der Waals surface area contributed by atoms with Crippen LogP contribution in [0.2, 0.25) is 0 Å². The molecule has 1 heterocycles. The van der Waals surface area contributed by atoms with Crippen LogP contribution in [0.3, 0.4) is 0 Å². The number of hydrogen-bond acceptors (Lipinski definition) is 3. The Morgan fingerprint density at radius 2 is 1.36 bits per heavy atom. The molecular formula is C33H38N2O. The van der Waals surface area contributed by atoms with E-state index < -0.39 is 0 Å². The van der Waals surface area contributed by atoms with Crippen LogP contribution in [0.4, 0.5) is 5.69 Å². The topological polar surface area (TPSA) is 48.1 Å². The summed E-state index contributed by atoms with van der Waals surface area (Å²) in [5.74, 6) is 0.889. The van der Waals surface area contributed by atoms with Crippen LogP contribution in [0.1, 0.15) is 56.6 Å². The van der Waals surface area contributed by atoms with E-state index in [-0.39, 0.29) is 0 Å². The summed E-state index contributed by atoms with van der Waals surface area (Å²) in [6.45, 7) is 7.20. The second-order valence-corrected chi connectivity index (χ2v) is 9.56. The van der Waals surface area contributed by atoms with Crippen molar-refractivity contribution < 1.29 is 4.74 Å². The van der Waals surface area contributed by atoms with Gasteiger partial charge >= 0.3 is 0 Å². The fourth-order valence-corrected chi connectivity index (χ4v) is 4.60. The first-order valence-corrected chi connectivity index (χ1v) is 13.2. The molecule has 3 nitrogen and oxygen atoms in total. The monoisotopic (exact) mass is 478 g/mol. The molecule has 2 N–H and O–H groups in total. The van der Waals surface area contributed by atoms with Gasteiger partial charge in [-0.1, -0.05) is 87.6 Å². The van der Waals surface area contributed by atoms with E-state index in [9.17, 15) is 0 Å². The molecule has 0 spiro atoms. The zero-order valence-corrected chi connectivity index (χ0v) is 21.9. The Morgan fingerprint density at radius 1 is 0.667 bits per heavy atom. The van der Waals surface area contributed by atoms with Crippen LogP contribution in [-0.2, 0) is 0 Å². The van der Waals surface area contributed by atoms with Crippen molar-refractivity contribution in [2.24, 2.45) is 0 Å². The second kappa shape index (κ2) is 12.4. The summed E-state index contributed by atoms with van der Waals surface area (Å²) in [4.78, 5) is 5.10. The quantitative estimate of drug-likeness (QED) is 0.173. The van der Waals surface area contributed by atoms with Gasteiger partial charge in [0, 0.05) is 16.8 Å². The van der Waals surface area contributed by atoms with Gasteiger partial charge in [0.1, 0.15) is 5.75 Å². The van der Waals surface area contributed by atoms with Crippen LogP contribution >= 0.6 is 0 Å². The number of nitrogens with zero attached hydrogens (tertiary/aromatic N) is 1. The van der Waals surface area contributed by atoms with Crippen LogP contribution in [0.5, 0.6) is 5.75 Å². The first-order valence-electron chi connectivity index (χ1n) is 13.2. The molecule has 0 saturated heterocycles. The normalized spacial score (nSPS) is 11.0. The van der Waals surface area contributed by atoms with Gasteiger partial charge < -0.3 is 10.5 Å². The third-order valence-electron chi connectivity index (χ3n) is 6.95. The molecule has 0 aliphatic rings. The van der Waals surface area contributed by atoms with Crippen molar-refractivity contribution in [3.05, 3.63) is 90.0 Å². The molecule has 36 heavy (non-hydrogen) atoms. The lowest BCUT2D eigenvalue weighted by Crippen LogP contribution is -2.00. The van der Waals surface area contributed by atoms with Crippen molar-refractivity contribution in [1.82, 2.24) is 4.98 Å². The van der Waals surface area contributed by atoms with Gasteiger partial charge in [-0.25, -0.2) is 4.98 Å². The predicted molar refractivity (Wildman–Crippen MR) is 153 cm³/mol. The maximum atomic E-state index is 6.29. The third-order valence-corrected chi connectivity index (χ3v) is 6.95. The minimum atomic E-state index is 0.727. The molecular weight excluding hydrogens is 440 g/mol. The molecule has 0 fully saturated rings. The summed E-state index contributed by atoms with van der Waals surface area (Å²) in [5.41, 5.74) is 15.6. The fourth-order valence-electron chi connectivity index (χ4n) is 4.60. The molecule has 1 aromatic heterocycles. The molecule has 0 radical (unpaired) electrons. The summed E-state index contributed by atoms with van der Waals surface area (Å²) >= 11 is 0. The van der Waals surface area contributed by atoms with Gasteiger partial charge in [-0.2, -0.15) is 0 Å². The number of nitrogens with two attached hydrogens (primary N) is 1. The van der Waals surface area contributed by atoms with Gasteiger partial charge in [-0.3, -0.25) is 0 Å². The highest BCUT2D eigenvalue weighted by Gasteiger charge is 2.14. The van der Waals surface area contributed by atoms with Crippen molar-refractivity contribution in [2.45, 2.75) is 59.3 Å². The molecule has 0 unspecified atom stereocenters. The number of nitrogen functional groups attached to an aromatic ring is 1. The van der Waals surface area contributed by atoms with E-state index in [0.717, 1.165) is 58.1 Å². The lowest BCUT2D eigenvalue weighted by Gasteiger charge is -2.16. The average molecular weight is 479 g/mol. The first-order chi connectivity index (χ1) is 17.6. The number of unbranched alkanes of at least 4 members (excludes halogenated alkanes) is 5. The Labute approximate surface area is 216 Å². The Morgan fingerprint density at radius 3 is 2.17 bits per heavy atom. The Hall–Kier alpha value is -3.59. The third kappa shape index (κ3) is 6.15. The molecule has 4 rings (SSSR count). The van der Waals surface area contributed by atoms with Gasteiger partial charge in [0.05, 0.1) is 18.0 Å². The van der Waals surface area contributed by atoms with E-state index in [4.69, 9.17) is 15.5 Å². The molecule has 4 aromatic rings. The smallest absolute Gasteiger partial charge is 0.128 e. The van der Waals surface area contributed by atoms with Gasteiger partial charge in [-0.05, 0) is 72.9 Å². The number of anilines is 1. The minimum Gasteiger partial charge on any atom is -0.493 e. The predicted octanol–water partition coefficient (Wildman–Crippen LogP) is 9.02. The number of benzene rings is 3. The Kier molecular flexibility index (Phi) is 8.78. The largest absolute Gasteiger partial charge is 0.493 e. The highest BCUT2D eigenvalue weighted by Crippen LogP contribution is 2.36. The summed E-state index contributed by atoms with van der Waals surface area (Å²) < 4.78 is 6.29. The first kappa shape index (κ1) is 25.5. The molecule has 0 aliphatic heterocycles. The maximum absolute atomic E-state index is 6.29. The summed E-state index contributed by atoms with van der Waals surface area (Å²) in [6, 6.07) is 27.1. The van der Waals surface area contributed by atoms with Crippen molar-refractivity contribution in [3.8, 4) is 39.4 Å². The number of aromatic nitrogens is 1.